The van der Waals surface area contributed by atoms with Crippen LogP contribution >= 0.6 is 0 Å². The van der Waals surface area contributed by atoms with Gasteiger partial charge in [0, 0.05) is 5.69 Å². The molecule has 18 heavy (non-hydrogen) atoms. The Kier molecular flexibility index (Phi) is 4.90. The predicted octanol–water partition coefficient (Wildman–Crippen LogP) is 0.861. The number of aryl methyl sites for hydroxylation is 2. The lowest BCUT2D eigenvalue weighted by Gasteiger charge is -2.27. The van der Waals surface area contributed by atoms with E-state index in [0.717, 1.165) is 24.2 Å². The van der Waals surface area contributed by atoms with E-state index < -0.39 is 5.54 Å². The zero-order valence-corrected chi connectivity index (χ0v) is 11.8. The molecule has 3 N–H and O–H groups in total. The molecule has 0 aliphatic heterocycles. The van der Waals surface area contributed by atoms with E-state index in [-0.39, 0.29) is 5.91 Å². The quantitative estimate of drug-likeness (QED) is 0.756. The summed E-state index contributed by atoms with van der Waals surface area (Å²) in [6.45, 7) is 9.11. The highest BCUT2D eigenvalue weighted by molar-refractivity contribution is 5.84. The molecule has 0 fully saturated rings. The Hall–Kier alpha value is -1.36. The topological polar surface area (TPSA) is 72.9 Å². The lowest BCUT2D eigenvalue weighted by atomic mass is 10.0. The second-order valence-electron chi connectivity index (χ2n) is 4.72. The number of amides is 1. The number of nitrogens with two attached hydrogens (primary N) is 1. The normalized spacial score (nSPS) is 14.4. The maximum absolute atomic E-state index is 11.6. The van der Waals surface area contributed by atoms with Crippen molar-refractivity contribution in [3.8, 4) is 0 Å². The minimum atomic E-state index is -0.754. The number of rotatable bonds is 7. The molecule has 0 aliphatic rings. The average molecular weight is 252 g/mol. The molecule has 1 aromatic rings. The van der Waals surface area contributed by atoms with Crippen LogP contribution in [0.1, 0.15) is 39.1 Å². The fourth-order valence-electron chi connectivity index (χ4n) is 2.02. The smallest absolute Gasteiger partial charge is 0.239 e. The number of nitrogens with one attached hydrogen (secondary N) is 1. The average Bonchev–Trinajstić information content (AvgIpc) is 2.71. The van der Waals surface area contributed by atoms with Crippen LogP contribution < -0.4 is 11.1 Å². The standard InChI is InChI=1S/C13H24N4O/c1-5-10-8-11(6-2)17(16-10)9-13(4,12(14)18)15-7-3/h8,15H,5-7,9H2,1-4H3,(H2,14,18). The van der Waals surface area contributed by atoms with E-state index >= 15 is 0 Å². The van der Waals surface area contributed by atoms with Crippen molar-refractivity contribution < 1.29 is 4.79 Å². The third kappa shape index (κ3) is 3.10. The summed E-state index contributed by atoms with van der Waals surface area (Å²) in [6.07, 6.45) is 1.79. The minimum Gasteiger partial charge on any atom is -0.368 e. The molecular weight excluding hydrogens is 228 g/mol. The Balaban J connectivity index is 2.99. The summed E-state index contributed by atoms with van der Waals surface area (Å²) in [5, 5.41) is 7.67. The van der Waals surface area contributed by atoms with Gasteiger partial charge in [-0.25, -0.2) is 0 Å². The molecule has 1 atom stereocenters. The second-order valence-corrected chi connectivity index (χ2v) is 4.72. The predicted molar refractivity (Wildman–Crippen MR) is 72.3 cm³/mol. The highest BCUT2D eigenvalue weighted by Crippen LogP contribution is 2.12. The van der Waals surface area contributed by atoms with Crippen LogP contribution in [0.5, 0.6) is 0 Å². The van der Waals surface area contributed by atoms with Gasteiger partial charge in [0.2, 0.25) is 5.91 Å². The maximum Gasteiger partial charge on any atom is 0.239 e. The van der Waals surface area contributed by atoms with Crippen LogP contribution in [0.2, 0.25) is 0 Å². The van der Waals surface area contributed by atoms with Crippen LogP contribution in [0.25, 0.3) is 0 Å². The first-order valence-corrected chi connectivity index (χ1v) is 6.57. The maximum atomic E-state index is 11.6. The van der Waals surface area contributed by atoms with E-state index in [0.29, 0.717) is 13.1 Å². The number of likely N-dealkylation sites (N-methyl/N-ethyl adjacent to an activating group) is 1. The van der Waals surface area contributed by atoms with Gasteiger partial charge in [-0.3, -0.25) is 9.48 Å². The van der Waals surface area contributed by atoms with Crippen molar-refractivity contribution in [2.45, 2.75) is 52.6 Å². The van der Waals surface area contributed by atoms with Crippen LogP contribution in [0.4, 0.5) is 0 Å². The van der Waals surface area contributed by atoms with Crippen LogP contribution in [0.15, 0.2) is 6.07 Å². The number of aromatic nitrogens is 2. The van der Waals surface area contributed by atoms with Gasteiger partial charge in [-0.05, 0) is 32.4 Å². The molecule has 1 heterocycles. The van der Waals surface area contributed by atoms with Crippen molar-refractivity contribution in [2.75, 3.05) is 6.54 Å². The lowest BCUT2D eigenvalue weighted by molar-refractivity contribution is -0.124. The first-order chi connectivity index (χ1) is 8.46. The molecule has 0 spiro atoms. The van der Waals surface area contributed by atoms with Crippen LogP contribution in [0, 0.1) is 0 Å². The van der Waals surface area contributed by atoms with Gasteiger partial charge >= 0.3 is 0 Å². The summed E-state index contributed by atoms with van der Waals surface area (Å²) in [5.41, 5.74) is 6.93. The first kappa shape index (κ1) is 14.7. The van der Waals surface area contributed by atoms with E-state index in [4.69, 9.17) is 5.73 Å². The van der Waals surface area contributed by atoms with E-state index in [2.05, 4.69) is 30.3 Å². The van der Waals surface area contributed by atoms with E-state index in [9.17, 15) is 4.79 Å². The Morgan fingerprint density at radius 3 is 2.56 bits per heavy atom. The molecule has 0 aliphatic carbocycles. The highest BCUT2D eigenvalue weighted by atomic mass is 16.1. The third-order valence-corrected chi connectivity index (χ3v) is 3.22. The van der Waals surface area contributed by atoms with E-state index in [1.807, 2.05) is 18.5 Å². The van der Waals surface area contributed by atoms with Crippen molar-refractivity contribution >= 4 is 5.91 Å². The van der Waals surface area contributed by atoms with E-state index in [1.54, 1.807) is 0 Å². The zero-order valence-electron chi connectivity index (χ0n) is 11.8. The molecule has 1 aromatic heterocycles. The molecule has 1 unspecified atom stereocenters. The molecule has 5 heteroatoms. The Morgan fingerprint density at radius 2 is 2.11 bits per heavy atom. The Labute approximate surface area is 109 Å². The summed E-state index contributed by atoms with van der Waals surface area (Å²) in [5.74, 6) is -0.347. The molecule has 0 bridgehead atoms. The highest BCUT2D eigenvalue weighted by Gasteiger charge is 2.31. The second kappa shape index (κ2) is 6.00. The van der Waals surface area contributed by atoms with Crippen molar-refractivity contribution in [1.29, 1.82) is 0 Å². The summed E-state index contributed by atoms with van der Waals surface area (Å²) in [7, 11) is 0. The zero-order chi connectivity index (χ0) is 13.8. The summed E-state index contributed by atoms with van der Waals surface area (Å²) in [4.78, 5) is 11.6. The van der Waals surface area contributed by atoms with Crippen molar-refractivity contribution in [3.63, 3.8) is 0 Å². The van der Waals surface area contributed by atoms with Crippen LogP contribution in [0.3, 0.4) is 0 Å². The summed E-state index contributed by atoms with van der Waals surface area (Å²) >= 11 is 0. The fourth-order valence-corrected chi connectivity index (χ4v) is 2.02. The van der Waals surface area contributed by atoms with Gasteiger partial charge in [0.1, 0.15) is 5.54 Å². The molecule has 102 valence electrons. The fraction of sp³-hybridized carbons (Fsp3) is 0.692. The molecule has 1 amide bonds. The third-order valence-electron chi connectivity index (χ3n) is 3.22. The molecular formula is C13H24N4O. The van der Waals surface area contributed by atoms with Gasteiger partial charge in [0.25, 0.3) is 0 Å². The molecule has 0 saturated heterocycles. The minimum absolute atomic E-state index is 0.347. The SMILES string of the molecule is CCNC(C)(Cn1nc(CC)cc1CC)C(N)=O. The number of nitrogens with zero attached hydrogens (tertiary/aromatic N) is 2. The van der Waals surface area contributed by atoms with Gasteiger partial charge in [0.15, 0.2) is 0 Å². The molecule has 1 rings (SSSR count). The van der Waals surface area contributed by atoms with E-state index in [1.165, 1.54) is 0 Å². The number of carbonyl (C=O) groups excluding carboxylic acids is 1. The van der Waals surface area contributed by atoms with Crippen molar-refractivity contribution in [1.82, 2.24) is 15.1 Å². The summed E-state index contributed by atoms with van der Waals surface area (Å²) in [6, 6.07) is 2.09. The molecule has 0 aromatic carbocycles. The number of primary amides is 1. The van der Waals surface area contributed by atoms with Gasteiger partial charge in [0.05, 0.1) is 12.2 Å². The largest absolute Gasteiger partial charge is 0.368 e. The van der Waals surface area contributed by atoms with Crippen LogP contribution in [-0.4, -0.2) is 27.8 Å². The lowest BCUT2D eigenvalue weighted by Crippen LogP contribution is -2.56. The monoisotopic (exact) mass is 252 g/mol. The molecule has 0 radical (unpaired) electrons. The molecule has 0 saturated carbocycles. The van der Waals surface area contributed by atoms with Gasteiger partial charge in [-0.2, -0.15) is 5.10 Å². The molecule has 5 nitrogen and oxygen atoms in total. The first-order valence-electron chi connectivity index (χ1n) is 6.57. The number of hydrogen-bond acceptors (Lipinski definition) is 3. The van der Waals surface area contributed by atoms with Crippen molar-refractivity contribution in [2.24, 2.45) is 5.73 Å². The summed E-state index contributed by atoms with van der Waals surface area (Å²) < 4.78 is 1.90. The van der Waals surface area contributed by atoms with Gasteiger partial charge < -0.3 is 11.1 Å². The number of hydrogen-bond donors (Lipinski definition) is 2. The van der Waals surface area contributed by atoms with Gasteiger partial charge in [-0.15, -0.1) is 0 Å². The van der Waals surface area contributed by atoms with Gasteiger partial charge in [-0.1, -0.05) is 20.8 Å². The van der Waals surface area contributed by atoms with Crippen LogP contribution in [-0.2, 0) is 24.2 Å². The Morgan fingerprint density at radius 1 is 1.44 bits per heavy atom. The Bertz CT molecular complexity index is 413. The van der Waals surface area contributed by atoms with Crippen molar-refractivity contribution in [3.05, 3.63) is 17.5 Å². The number of carbonyl (C=O) groups is 1.